The monoisotopic (exact) mass is 665 g/mol. The number of nitrogens with zero attached hydrogens (tertiary/aromatic N) is 1. The average molecular weight is 667 g/mol. The minimum absolute atomic E-state index is 0.0556. The molecule has 0 aromatic heterocycles. The van der Waals surface area contributed by atoms with E-state index in [1.165, 1.54) is 17.7 Å². The second kappa shape index (κ2) is 20.1. The van der Waals surface area contributed by atoms with Crippen molar-refractivity contribution in [3.63, 3.8) is 0 Å². The summed E-state index contributed by atoms with van der Waals surface area (Å²) in [5.41, 5.74) is 4.10. The molecular weight excluding hydrogens is 609 g/mol. The fraction of sp³-hybridized carbons (Fsp3) is 0.839. The molecule has 44 heavy (non-hydrogen) atoms. The van der Waals surface area contributed by atoms with Gasteiger partial charge >= 0.3 is 6.03 Å². The average Bonchev–Trinajstić information content (AvgIpc) is 3.61. The fourth-order valence-electron chi connectivity index (χ4n) is 4.96. The summed E-state index contributed by atoms with van der Waals surface area (Å²) in [6, 6.07) is -2.29. The molecule has 2 fully saturated rings. The third-order valence-electron chi connectivity index (χ3n) is 7.90. The molecule has 2 aliphatic rings. The molecule has 2 rings (SSSR count). The van der Waals surface area contributed by atoms with Crippen LogP contribution >= 0.6 is 23.2 Å². The van der Waals surface area contributed by atoms with E-state index < -0.39 is 28.9 Å². The first-order valence-corrected chi connectivity index (χ1v) is 16.4. The number of alkyl halides is 2. The Bertz CT molecular complexity index is 929. The van der Waals surface area contributed by atoms with Gasteiger partial charge in [0.2, 0.25) is 18.1 Å². The smallest absolute Gasteiger partial charge is 0.315 e. The van der Waals surface area contributed by atoms with Gasteiger partial charge in [-0.3, -0.25) is 19.2 Å². The molecule has 256 valence electrons. The van der Waals surface area contributed by atoms with Crippen LogP contribution in [-0.4, -0.2) is 84.2 Å². The van der Waals surface area contributed by atoms with Gasteiger partial charge < -0.3 is 31.3 Å². The predicted octanol–water partition coefficient (Wildman–Crippen LogP) is 4.03. The SMILES string of the molecule is CC1CC1.CCCC(C)(C)C(COC)NC(=O)NC(C(=O)N1C[C@H](C(Cl)Cl)C(C)C1C(=O)NC(C)C)C(C)C.NC(=O)C=O. The number of carbonyl (C=O) groups is 5. The highest BCUT2D eigenvalue weighted by Crippen LogP contribution is 2.36. The van der Waals surface area contributed by atoms with E-state index in [1.54, 1.807) is 7.11 Å². The van der Waals surface area contributed by atoms with Crippen LogP contribution < -0.4 is 21.7 Å². The summed E-state index contributed by atoms with van der Waals surface area (Å²) in [7, 11) is 1.60. The molecule has 0 radical (unpaired) electrons. The summed E-state index contributed by atoms with van der Waals surface area (Å²) < 4.78 is 5.35. The summed E-state index contributed by atoms with van der Waals surface area (Å²) in [5, 5.41) is 8.77. The molecule has 1 aliphatic carbocycles. The van der Waals surface area contributed by atoms with E-state index in [9.17, 15) is 19.2 Å². The number of nitrogens with two attached hydrogens (primary N) is 1. The number of hydrogen-bond donors (Lipinski definition) is 4. The maximum atomic E-state index is 13.7. The standard InChI is InChI=1S/C25H46Cl2N4O4.C4H8.C2H3NO2/c1-10-11-25(7,8)18(13-35-9)29-24(34)30-19(14(2)3)23(33)31-12-17(21(26)27)16(6)20(31)22(32)28-15(4)5;1-4-2-3-4;3-2(5)1-4/h14-21H,10-13H2,1-9H3,(H,28,32)(H2,29,30,34);4H,2-3H2,1H3;1H,(H2,3,5)/t16?,17-,18?,19?,20?;;/m0../s1. The summed E-state index contributed by atoms with van der Waals surface area (Å²) in [6.45, 7) is 18.5. The fourth-order valence-corrected chi connectivity index (χ4v) is 5.58. The van der Waals surface area contributed by atoms with E-state index in [1.807, 2.05) is 34.6 Å². The van der Waals surface area contributed by atoms with E-state index in [0.717, 1.165) is 18.8 Å². The van der Waals surface area contributed by atoms with Crippen molar-refractivity contribution in [3.05, 3.63) is 0 Å². The van der Waals surface area contributed by atoms with E-state index in [2.05, 4.69) is 49.4 Å². The number of rotatable bonds is 13. The first-order valence-electron chi connectivity index (χ1n) is 15.5. The number of nitrogens with one attached hydrogen (secondary N) is 3. The molecular formula is C31H57Cl2N5O6. The van der Waals surface area contributed by atoms with Crippen molar-refractivity contribution >= 4 is 53.2 Å². The Morgan fingerprint density at radius 2 is 1.57 bits per heavy atom. The van der Waals surface area contributed by atoms with Gasteiger partial charge in [0.25, 0.3) is 5.91 Å². The molecule has 5 atom stereocenters. The Morgan fingerprint density at radius 3 is 1.93 bits per heavy atom. The lowest BCUT2D eigenvalue weighted by atomic mass is 9.80. The Kier molecular flexibility index (Phi) is 19.1. The van der Waals surface area contributed by atoms with Crippen molar-refractivity contribution in [2.75, 3.05) is 20.3 Å². The Balaban J connectivity index is 0.00000176. The van der Waals surface area contributed by atoms with Crippen LogP contribution in [0.2, 0.25) is 0 Å². The molecule has 1 aliphatic heterocycles. The summed E-state index contributed by atoms with van der Waals surface area (Å²) in [4.78, 5) is 58.9. The number of hydrogen-bond acceptors (Lipinski definition) is 6. The van der Waals surface area contributed by atoms with Gasteiger partial charge in [-0.05, 0) is 43.4 Å². The predicted molar refractivity (Wildman–Crippen MR) is 175 cm³/mol. The largest absolute Gasteiger partial charge is 0.383 e. The van der Waals surface area contributed by atoms with Crippen molar-refractivity contribution in [1.82, 2.24) is 20.9 Å². The van der Waals surface area contributed by atoms with Gasteiger partial charge in [0, 0.05) is 25.6 Å². The topological polar surface area (TPSA) is 160 Å². The van der Waals surface area contributed by atoms with Gasteiger partial charge in [-0.2, -0.15) is 0 Å². The minimum atomic E-state index is -0.926. The quantitative estimate of drug-likeness (QED) is 0.132. The van der Waals surface area contributed by atoms with E-state index in [-0.39, 0.29) is 59.9 Å². The molecule has 5 N–H and O–H groups in total. The van der Waals surface area contributed by atoms with Crippen molar-refractivity contribution < 1.29 is 28.7 Å². The highest BCUT2D eigenvalue weighted by molar-refractivity contribution is 6.44. The first kappa shape index (κ1) is 41.9. The summed E-state index contributed by atoms with van der Waals surface area (Å²) >= 11 is 12.4. The summed E-state index contributed by atoms with van der Waals surface area (Å²) in [5.74, 6) is -1.11. The number of methoxy groups -OCH3 is 1. The molecule has 0 bridgehead atoms. The van der Waals surface area contributed by atoms with Crippen LogP contribution in [0.1, 0.15) is 88.0 Å². The number of amides is 5. The van der Waals surface area contributed by atoms with Crippen LogP contribution in [0.5, 0.6) is 0 Å². The van der Waals surface area contributed by atoms with Crippen molar-refractivity contribution in [2.24, 2.45) is 34.8 Å². The molecule has 1 heterocycles. The van der Waals surface area contributed by atoms with Crippen LogP contribution in [0, 0.1) is 29.1 Å². The number of ether oxygens (including phenoxy) is 1. The number of carbonyl (C=O) groups excluding carboxylic acids is 5. The second-order valence-electron chi connectivity index (χ2n) is 13.2. The lowest BCUT2D eigenvalue weighted by Gasteiger charge is -2.36. The molecule has 0 aromatic carbocycles. The number of likely N-dealkylation sites (tertiary alicyclic amines) is 1. The lowest BCUT2D eigenvalue weighted by molar-refractivity contribution is -0.141. The van der Waals surface area contributed by atoms with Gasteiger partial charge in [0.1, 0.15) is 16.9 Å². The van der Waals surface area contributed by atoms with Crippen LogP contribution in [0.3, 0.4) is 0 Å². The number of urea groups is 1. The Hall–Kier alpha value is -2.11. The van der Waals surface area contributed by atoms with Crippen LogP contribution in [0.15, 0.2) is 0 Å². The van der Waals surface area contributed by atoms with Crippen LogP contribution in [-0.2, 0) is 23.9 Å². The molecule has 1 saturated heterocycles. The molecule has 1 saturated carbocycles. The molecule has 0 spiro atoms. The number of primary amides is 1. The van der Waals surface area contributed by atoms with Crippen molar-refractivity contribution in [1.29, 1.82) is 0 Å². The number of aldehydes is 1. The first-order chi connectivity index (χ1) is 20.3. The van der Waals surface area contributed by atoms with Crippen molar-refractivity contribution in [2.45, 2.75) is 117 Å². The Labute approximate surface area is 274 Å². The third-order valence-corrected chi connectivity index (χ3v) is 8.55. The normalized spacial score (nSPS) is 21.0. The van der Waals surface area contributed by atoms with Crippen molar-refractivity contribution in [3.8, 4) is 0 Å². The molecule has 4 unspecified atom stereocenters. The van der Waals surface area contributed by atoms with Gasteiger partial charge in [-0.1, -0.05) is 67.7 Å². The van der Waals surface area contributed by atoms with E-state index in [4.69, 9.17) is 32.7 Å². The van der Waals surface area contributed by atoms with Crippen LogP contribution in [0.25, 0.3) is 0 Å². The maximum Gasteiger partial charge on any atom is 0.315 e. The third kappa shape index (κ3) is 14.8. The maximum absolute atomic E-state index is 13.7. The van der Waals surface area contributed by atoms with E-state index >= 15 is 0 Å². The van der Waals surface area contributed by atoms with Gasteiger partial charge in [-0.15, -0.1) is 23.2 Å². The zero-order valence-corrected chi connectivity index (χ0v) is 29.8. The zero-order valence-electron chi connectivity index (χ0n) is 28.2. The van der Waals surface area contributed by atoms with E-state index in [0.29, 0.717) is 6.61 Å². The van der Waals surface area contributed by atoms with Gasteiger partial charge in [0.15, 0.2) is 0 Å². The molecule has 0 aromatic rings. The van der Waals surface area contributed by atoms with Crippen LogP contribution in [0.4, 0.5) is 4.79 Å². The summed E-state index contributed by atoms with van der Waals surface area (Å²) in [6.07, 6.45) is 4.91. The molecule has 5 amide bonds. The molecule has 11 nitrogen and oxygen atoms in total. The Morgan fingerprint density at radius 1 is 1.05 bits per heavy atom. The molecule has 13 heteroatoms. The lowest BCUT2D eigenvalue weighted by Crippen LogP contribution is -2.59. The number of halogens is 2. The highest BCUT2D eigenvalue weighted by atomic mass is 35.5. The van der Waals surface area contributed by atoms with Gasteiger partial charge in [0.05, 0.1) is 12.6 Å². The minimum Gasteiger partial charge on any atom is -0.383 e. The van der Waals surface area contributed by atoms with Gasteiger partial charge in [-0.25, -0.2) is 4.79 Å². The highest BCUT2D eigenvalue weighted by Gasteiger charge is 2.49. The second-order valence-corrected chi connectivity index (χ2v) is 14.4. The zero-order chi connectivity index (χ0) is 34.4.